The fourth-order valence-corrected chi connectivity index (χ4v) is 4.50. The molecule has 0 aliphatic carbocycles. The van der Waals surface area contributed by atoms with E-state index in [1.165, 1.54) is 0 Å². The van der Waals surface area contributed by atoms with Crippen molar-refractivity contribution in [3.63, 3.8) is 0 Å². The van der Waals surface area contributed by atoms with Gasteiger partial charge in [-0.25, -0.2) is 0 Å². The minimum atomic E-state index is -1.84. The summed E-state index contributed by atoms with van der Waals surface area (Å²) >= 11 is 0. The third-order valence-electron chi connectivity index (χ3n) is 6.54. The smallest absolute Gasteiger partial charge is 0.250 e. The van der Waals surface area contributed by atoms with Crippen LogP contribution < -0.4 is 8.85 Å². The van der Waals surface area contributed by atoms with Crippen molar-refractivity contribution >= 4 is 28.8 Å². The number of rotatable bonds is 6. The summed E-state index contributed by atoms with van der Waals surface area (Å²) < 4.78 is 12.9. The highest BCUT2D eigenvalue weighted by Gasteiger charge is 2.39. The Morgan fingerprint density at radius 1 is 0.600 bits per heavy atom. The molecule has 4 heteroatoms. The van der Waals surface area contributed by atoms with Crippen molar-refractivity contribution in [3.8, 4) is 11.5 Å². The molecule has 0 fully saturated rings. The van der Waals surface area contributed by atoms with E-state index < -0.39 is 16.6 Å². The van der Waals surface area contributed by atoms with Crippen molar-refractivity contribution in [1.82, 2.24) is 0 Å². The van der Waals surface area contributed by atoms with Gasteiger partial charge in [0, 0.05) is 0 Å². The first-order valence-electron chi connectivity index (χ1n) is 10.9. The maximum atomic E-state index is 6.45. The van der Waals surface area contributed by atoms with E-state index in [1.807, 2.05) is 0 Å². The zero-order chi connectivity index (χ0) is 22.8. The first-order chi connectivity index (χ1) is 13.6. The molecule has 0 atom stereocenters. The van der Waals surface area contributed by atoms with E-state index in [9.17, 15) is 0 Å². The Labute approximate surface area is 186 Å². The molecule has 2 rings (SSSR count). The Kier molecular flexibility index (Phi) is 7.15. The lowest BCUT2D eigenvalue weighted by atomic mass is 10.1. The van der Waals surface area contributed by atoms with Crippen molar-refractivity contribution in [2.24, 2.45) is 0 Å². The van der Waals surface area contributed by atoms with Gasteiger partial charge in [0.25, 0.3) is 0 Å². The van der Waals surface area contributed by atoms with E-state index in [-0.39, 0.29) is 10.1 Å². The van der Waals surface area contributed by atoms with Crippen LogP contribution >= 0.6 is 0 Å². The van der Waals surface area contributed by atoms with Gasteiger partial charge in [-0.2, -0.15) is 0 Å². The molecule has 0 saturated carbocycles. The molecule has 0 bridgehead atoms. The first kappa shape index (κ1) is 24.5. The van der Waals surface area contributed by atoms with Gasteiger partial charge in [-0.05, 0) is 71.7 Å². The normalized spacial score (nSPS) is 13.5. The van der Waals surface area contributed by atoms with E-state index in [1.54, 1.807) is 0 Å². The lowest BCUT2D eigenvalue weighted by Gasteiger charge is -2.36. The SMILES string of the molecule is CC(C)(C)[Si](C)(C)Oc1cccc(/C=C/c2cccc(O[Si](C)(C)C(C)(C)C)c2)c1. The minimum absolute atomic E-state index is 0.184. The second-order valence-corrected chi connectivity index (χ2v) is 20.7. The molecule has 2 nitrogen and oxygen atoms in total. The Hall–Kier alpha value is -1.79. The van der Waals surface area contributed by atoms with Crippen molar-refractivity contribution in [1.29, 1.82) is 0 Å². The summed E-state index contributed by atoms with van der Waals surface area (Å²) in [5.74, 6) is 1.91. The lowest BCUT2D eigenvalue weighted by molar-refractivity contribution is 0.492. The summed E-state index contributed by atoms with van der Waals surface area (Å²) in [5.41, 5.74) is 2.28. The zero-order valence-corrected chi connectivity index (χ0v) is 22.6. The lowest BCUT2D eigenvalue weighted by Crippen LogP contribution is -2.43. The topological polar surface area (TPSA) is 18.5 Å². The molecule has 164 valence electrons. The molecular weight excluding hydrogens is 400 g/mol. The molecule has 0 saturated heterocycles. The summed E-state index contributed by atoms with van der Waals surface area (Å²) in [6, 6.07) is 16.8. The molecule has 0 N–H and O–H groups in total. The highest BCUT2D eigenvalue weighted by molar-refractivity contribution is 6.75. The zero-order valence-electron chi connectivity index (χ0n) is 20.6. The average Bonchev–Trinajstić information content (AvgIpc) is 2.58. The molecule has 30 heavy (non-hydrogen) atoms. The highest BCUT2D eigenvalue weighted by atomic mass is 28.4. The predicted molar refractivity (Wildman–Crippen MR) is 137 cm³/mol. The molecule has 0 aliphatic heterocycles. The van der Waals surface area contributed by atoms with Crippen LogP contribution in [0.15, 0.2) is 48.5 Å². The number of benzene rings is 2. The van der Waals surface area contributed by atoms with Gasteiger partial charge >= 0.3 is 0 Å². The Bertz CT molecular complexity index is 811. The molecule has 0 aromatic heterocycles. The monoisotopic (exact) mass is 440 g/mol. The third kappa shape index (κ3) is 6.35. The Morgan fingerprint density at radius 3 is 1.23 bits per heavy atom. The van der Waals surface area contributed by atoms with Crippen LogP contribution in [-0.2, 0) is 0 Å². The van der Waals surface area contributed by atoms with Crippen LogP contribution in [0.4, 0.5) is 0 Å². The average molecular weight is 441 g/mol. The summed E-state index contributed by atoms with van der Waals surface area (Å²) in [4.78, 5) is 0. The largest absolute Gasteiger partial charge is 0.543 e. The van der Waals surface area contributed by atoms with E-state index >= 15 is 0 Å². The summed E-state index contributed by atoms with van der Waals surface area (Å²) in [7, 11) is -3.68. The van der Waals surface area contributed by atoms with Crippen LogP contribution in [0.2, 0.25) is 36.3 Å². The maximum absolute atomic E-state index is 6.45. The van der Waals surface area contributed by atoms with Gasteiger partial charge in [0.2, 0.25) is 16.6 Å². The van der Waals surface area contributed by atoms with Gasteiger partial charge in [-0.3, -0.25) is 0 Å². The summed E-state index contributed by atoms with van der Waals surface area (Å²) in [5, 5.41) is 0.368. The molecule has 0 spiro atoms. The molecule has 0 amide bonds. The van der Waals surface area contributed by atoms with Crippen LogP contribution in [-0.4, -0.2) is 16.6 Å². The van der Waals surface area contributed by atoms with Crippen molar-refractivity contribution in [2.75, 3.05) is 0 Å². The van der Waals surface area contributed by atoms with Crippen molar-refractivity contribution in [3.05, 3.63) is 59.7 Å². The molecule has 2 aromatic rings. The number of hydrogen-bond donors (Lipinski definition) is 0. The second-order valence-electron chi connectivity index (χ2n) is 11.2. The summed E-state index contributed by atoms with van der Waals surface area (Å²) in [6.07, 6.45) is 4.29. The Morgan fingerprint density at radius 2 is 0.933 bits per heavy atom. The van der Waals surface area contributed by atoms with E-state index in [2.05, 4.69) is 128 Å². The Balaban J connectivity index is 2.17. The first-order valence-corrected chi connectivity index (χ1v) is 16.7. The third-order valence-corrected chi connectivity index (χ3v) is 15.3. The molecule has 0 aliphatic rings. The second kappa shape index (κ2) is 8.76. The molecule has 0 unspecified atom stereocenters. The van der Waals surface area contributed by atoms with Gasteiger partial charge in [0.1, 0.15) is 11.5 Å². The van der Waals surface area contributed by atoms with Crippen LogP contribution in [0.3, 0.4) is 0 Å². The van der Waals surface area contributed by atoms with Gasteiger partial charge in [0.15, 0.2) is 0 Å². The van der Waals surface area contributed by atoms with Crippen molar-refractivity contribution < 1.29 is 8.85 Å². The molecule has 0 radical (unpaired) electrons. The fraction of sp³-hybridized carbons (Fsp3) is 0.462. The van der Waals surface area contributed by atoms with Crippen molar-refractivity contribution in [2.45, 2.75) is 77.8 Å². The van der Waals surface area contributed by atoms with E-state index in [0.29, 0.717) is 0 Å². The highest BCUT2D eigenvalue weighted by Crippen LogP contribution is 2.38. The van der Waals surface area contributed by atoms with Crippen LogP contribution in [0.5, 0.6) is 11.5 Å². The van der Waals surface area contributed by atoms with Crippen LogP contribution in [0.1, 0.15) is 52.7 Å². The summed E-state index contributed by atoms with van der Waals surface area (Å²) in [6.45, 7) is 22.7. The van der Waals surface area contributed by atoms with E-state index in [0.717, 1.165) is 22.6 Å². The maximum Gasteiger partial charge on any atom is 0.250 e. The quantitative estimate of drug-likeness (QED) is 0.330. The van der Waals surface area contributed by atoms with E-state index in [4.69, 9.17) is 8.85 Å². The predicted octanol–water partition coefficient (Wildman–Crippen LogP) is 8.63. The molecular formula is C26H40O2Si2. The van der Waals surface area contributed by atoms with Crippen LogP contribution in [0.25, 0.3) is 12.2 Å². The van der Waals surface area contributed by atoms with Gasteiger partial charge in [0.05, 0.1) is 0 Å². The van der Waals surface area contributed by atoms with Gasteiger partial charge in [-0.15, -0.1) is 0 Å². The van der Waals surface area contributed by atoms with Gasteiger partial charge < -0.3 is 8.85 Å². The van der Waals surface area contributed by atoms with Gasteiger partial charge in [-0.1, -0.05) is 78.0 Å². The minimum Gasteiger partial charge on any atom is -0.543 e. The van der Waals surface area contributed by atoms with Crippen LogP contribution in [0, 0.1) is 0 Å². The molecule has 2 aromatic carbocycles. The fourth-order valence-electron chi connectivity index (χ4n) is 2.45. The molecule has 0 heterocycles. The number of hydrogen-bond acceptors (Lipinski definition) is 2. The standard InChI is InChI=1S/C26H40O2Si2/c1-25(2,3)29(7,8)27-23-15-11-13-21(19-23)17-18-22-14-12-16-24(20-22)28-30(9,10)26(4,5)6/h11-20H,1-10H3/b18-17+.